The zero-order valence-corrected chi connectivity index (χ0v) is 21.6. The Morgan fingerprint density at radius 2 is 1.77 bits per heavy atom. The molecule has 180 valence electrons. The van der Waals surface area contributed by atoms with Crippen LogP contribution in [0.2, 0.25) is 0 Å². The van der Waals surface area contributed by atoms with E-state index in [0.29, 0.717) is 41.3 Å². The van der Waals surface area contributed by atoms with Crippen LogP contribution in [0.5, 0.6) is 11.5 Å². The van der Waals surface area contributed by atoms with Crippen molar-refractivity contribution in [3.63, 3.8) is 0 Å². The van der Waals surface area contributed by atoms with E-state index in [1.807, 2.05) is 56.3 Å². The van der Waals surface area contributed by atoms with E-state index in [2.05, 4.69) is 39.4 Å². The van der Waals surface area contributed by atoms with Gasteiger partial charge in [-0.3, -0.25) is 4.79 Å². The fraction of sp³-hybridized carbons (Fsp3) is 0.241. The number of halogens is 1. The Morgan fingerprint density at radius 3 is 2.49 bits per heavy atom. The number of benzene rings is 3. The molecule has 3 rings (SSSR count). The first-order valence-corrected chi connectivity index (χ1v) is 12.4. The first kappa shape index (κ1) is 26.1. The molecule has 3 aromatic carbocycles. The zero-order chi connectivity index (χ0) is 25.0. The standard InChI is InChI=1S/C29H29BrN2O3/c1-3-34-27-17-24(26(30)18-28(27)35-20-23-12-7-9-21(2)15-23)16-25(19-31)29(33)32-14-8-13-22-10-5-4-6-11-22/h4-7,9-12,15-18H,3,8,13-14,20H2,1-2H3,(H,32,33)/b25-16-. The molecular weight excluding hydrogens is 504 g/mol. The molecule has 0 radical (unpaired) electrons. The van der Waals surface area contributed by atoms with Crippen molar-refractivity contribution in [2.24, 2.45) is 0 Å². The summed E-state index contributed by atoms with van der Waals surface area (Å²) >= 11 is 3.55. The van der Waals surface area contributed by atoms with Gasteiger partial charge < -0.3 is 14.8 Å². The lowest BCUT2D eigenvalue weighted by atomic mass is 10.1. The van der Waals surface area contributed by atoms with Crippen LogP contribution in [0, 0.1) is 18.3 Å². The number of nitriles is 1. The van der Waals surface area contributed by atoms with Gasteiger partial charge in [-0.15, -0.1) is 0 Å². The number of carbonyl (C=O) groups excluding carboxylic acids is 1. The second-order valence-electron chi connectivity index (χ2n) is 8.05. The average molecular weight is 533 g/mol. The van der Waals surface area contributed by atoms with E-state index < -0.39 is 5.91 Å². The lowest BCUT2D eigenvalue weighted by Crippen LogP contribution is -2.25. The lowest BCUT2D eigenvalue weighted by molar-refractivity contribution is -0.117. The summed E-state index contributed by atoms with van der Waals surface area (Å²) in [6, 6.07) is 23.8. The van der Waals surface area contributed by atoms with Gasteiger partial charge in [0.1, 0.15) is 18.2 Å². The van der Waals surface area contributed by atoms with Crippen molar-refractivity contribution in [3.05, 3.63) is 99.0 Å². The summed E-state index contributed by atoms with van der Waals surface area (Å²) in [5, 5.41) is 12.4. The molecule has 0 heterocycles. The molecule has 0 saturated carbocycles. The molecule has 3 aromatic rings. The third-order valence-electron chi connectivity index (χ3n) is 5.28. The van der Waals surface area contributed by atoms with Gasteiger partial charge in [0, 0.05) is 11.0 Å². The van der Waals surface area contributed by atoms with E-state index in [9.17, 15) is 10.1 Å². The van der Waals surface area contributed by atoms with Crippen molar-refractivity contribution in [1.29, 1.82) is 5.26 Å². The van der Waals surface area contributed by atoms with E-state index in [1.165, 1.54) is 11.1 Å². The number of rotatable bonds is 11. The highest BCUT2D eigenvalue weighted by molar-refractivity contribution is 9.10. The quantitative estimate of drug-likeness (QED) is 0.176. The van der Waals surface area contributed by atoms with Crippen LogP contribution >= 0.6 is 15.9 Å². The van der Waals surface area contributed by atoms with Gasteiger partial charge in [0.05, 0.1) is 6.61 Å². The first-order chi connectivity index (χ1) is 17.0. The fourth-order valence-electron chi connectivity index (χ4n) is 3.54. The van der Waals surface area contributed by atoms with Crippen molar-refractivity contribution in [1.82, 2.24) is 5.32 Å². The Kier molecular flexibility index (Phi) is 9.94. The molecule has 0 aliphatic heterocycles. The van der Waals surface area contributed by atoms with Gasteiger partial charge in [-0.1, -0.05) is 76.1 Å². The normalized spacial score (nSPS) is 11.0. The molecule has 0 bridgehead atoms. The topological polar surface area (TPSA) is 71.3 Å². The van der Waals surface area contributed by atoms with Crippen molar-refractivity contribution in [3.8, 4) is 17.6 Å². The van der Waals surface area contributed by atoms with Gasteiger partial charge in [-0.25, -0.2) is 0 Å². The van der Waals surface area contributed by atoms with Crippen LogP contribution in [0.25, 0.3) is 6.08 Å². The Balaban J connectivity index is 1.69. The van der Waals surface area contributed by atoms with Gasteiger partial charge in [-0.05, 0) is 61.6 Å². The van der Waals surface area contributed by atoms with E-state index in [4.69, 9.17) is 9.47 Å². The SMILES string of the molecule is CCOc1cc(/C=C(/C#N)C(=O)NCCCc2ccccc2)c(Br)cc1OCc1cccc(C)c1. The largest absolute Gasteiger partial charge is 0.490 e. The van der Waals surface area contributed by atoms with Crippen molar-refractivity contribution >= 4 is 27.9 Å². The van der Waals surface area contributed by atoms with Crippen LogP contribution in [0.15, 0.2) is 76.8 Å². The molecule has 0 saturated heterocycles. The van der Waals surface area contributed by atoms with Crippen LogP contribution in [0.4, 0.5) is 0 Å². The van der Waals surface area contributed by atoms with E-state index in [-0.39, 0.29) is 5.57 Å². The summed E-state index contributed by atoms with van der Waals surface area (Å²) in [7, 11) is 0. The maximum absolute atomic E-state index is 12.6. The number of hydrogen-bond acceptors (Lipinski definition) is 4. The Labute approximate surface area is 215 Å². The summed E-state index contributed by atoms with van der Waals surface area (Å²) in [4.78, 5) is 12.6. The van der Waals surface area contributed by atoms with Gasteiger partial charge in [-0.2, -0.15) is 5.26 Å². The number of nitrogens with zero attached hydrogens (tertiary/aromatic N) is 1. The molecule has 35 heavy (non-hydrogen) atoms. The summed E-state index contributed by atoms with van der Waals surface area (Å²) in [6.07, 6.45) is 3.21. The molecule has 5 nitrogen and oxygen atoms in total. The second kappa shape index (κ2) is 13.4. The van der Waals surface area contributed by atoms with Crippen LogP contribution in [-0.4, -0.2) is 19.1 Å². The van der Waals surface area contributed by atoms with Crippen LogP contribution in [0.3, 0.4) is 0 Å². The van der Waals surface area contributed by atoms with Crippen molar-refractivity contribution in [2.45, 2.75) is 33.3 Å². The predicted octanol–water partition coefficient (Wildman–Crippen LogP) is 6.39. The van der Waals surface area contributed by atoms with Gasteiger partial charge in [0.25, 0.3) is 5.91 Å². The zero-order valence-electron chi connectivity index (χ0n) is 20.0. The lowest BCUT2D eigenvalue weighted by Gasteiger charge is -2.14. The molecule has 0 unspecified atom stereocenters. The third kappa shape index (κ3) is 8.01. The van der Waals surface area contributed by atoms with Crippen LogP contribution in [-0.2, 0) is 17.8 Å². The number of nitrogens with one attached hydrogen (secondary N) is 1. The molecule has 1 N–H and O–H groups in total. The van der Waals surface area contributed by atoms with Gasteiger partial charge in [0.2, 0.25) is 0 Å². The number of carbonyl (C=O) groups is 1. The average Bonchev–Trinajstić information content (AvgIpc) is 2.86. The minimum Gasteiger partial charge on any atom is -0.490 e. The van der Waals surface area contributed by atoms with Crippen LogP contribution in [0.1, 0.15) is 35.6 Å². The first-order valence-electron chi connectivity index (χ1n) is 11.6. The molecule has 0 aromatic heterocycles. The van der Waals surface area contributed by atoms with Crippen LogP contribution < -0.4 is 14.8 Å². The van der Waals surface area contributed by atoms with Gasteiger partial charge >= 0.3 is 0 Å². The highest BCUT2D eigenvalue weighted by atomic mass is 79.9. The number of hydrogen-bond donors (Lipinski definition) is 1. The summed E-state index contributed by atoms with van der Waals surface area (Å²) in [5.74, 6) is 0.738. The smallest absolute Gasteiger partial charge is 0.261 e. The highest BCUT2D eigenvalue weighted by Crippen LogP contribution is 2.35. The molecule has 0 aliphatic rings. The number of aryl methyl sites for hydroxylation is 2. The summed E-state index contributed by atoms with van der Waals surface area (Å²) in [5.41, 5.74) is 4.13. The summed E-state index contributed by atoms with van der Waals surface area (Å²) < 4.78 is 12.5. The van der Waals surface area contributed by atoms with Crippen molar-refractivity contribution in [2.75, 3.05) is 13.2 Å². The maximum atomic E-state index is 12.6. The minimum absolute atomic E-state index is 0.0290. The molecule has 1 amide bonds. The number of ether oxygens (including phenoxy) is 2. The summed E-state index contributed by atoms with van der Waals surface area (Å²) in [6.45, 7) is 5.28. The van der Waals surface area contributed by atoms with E-state index >= 15 is 0 Å². The highest BCUT2D eigenvalue weighted by Gasteiger charge is 2.14. The van der Waals surface area contributed by atoms with E-state index in [0.717, 1.165) is 18.4 Å². The van der Waals surface area contributed by atoms with Gasteiger partial charge in [0.15, 0.2) is 11.5 Å². The third-order valence-corrected chi connectivity index (χ3v) is 5.96. The Hall–Kier alpha value is -3.56. The fourth-order valence-corrected chi connectivity index (χ4v) is 3.98. The Morgan fingerprint density at radius 1 is 1.03 bits per heavy atom. The molecule has 0 atom stereocenters. The predicted molar refractivity (Wildman–Crippen MR) is 142 cm³/mol. The molecule has 0 fully saturated rings. The minimum atomic E-state index is -0.398. The molecule has 0 aliphatic carbocycles. The Bertz CT molecular complexity index is 1220. The number of amides is 1. The molecular formula is C29H29BrN2O3. The van der Waals surface area contributed by atoms with Crippen molar-refractivity contribution < 1.29 is 14.3 Å². The monoisotopic (exact) mass is 532 g/mol. The molecule has 6 heteroatoms. The maximum Gasteiger partial charge on any atom is 0.261 e. The van der Waals surface area contributed by atoms with E-state index in [1.54, 1.807) is 18.2 Å². The molecule has 0 spiro atoms. The second-order valence-corrected chi connectivity index (χ2v) is 8.90.